The molecule has 0 aliphatic heterocycles. The number of nitrogens with one attached hydrogen (secondary N) is 2. The van der Waals surface area contributed by atoms with E-state index in [0.29, 0.717) is 17.5 Å². The van der Waals surface area contributed by atoms with E-state index in [2.05, 4.69) is 26.8 Å². The van der Waals surface area contributed by atoms with Crippen LogP contribution < -0.4 is 10.9 Å². The second kappa shape index (κ2) is 5.65. The molecule has 5 nitrogen and oxygen atoms in total. The van der Waals surface area contributed by atoms with Crippen molar-refractivity contribution >= 4 is 27.7 Å². The second-order valence-electron chi connectivity index (χ2n) is 7.55. The predicted molar refractivity (Wildman–Crippen MR) is 89.3 cm³/mol. The molecule has 0 unspecified atom stereocenters. The van der Waals surface area contributed by atoms with E-state index in [1.165, 1.54) is 32.1 Å². The molecule has 0 spiro atoms. The van der Waals surface area contributed by atoms with Crippen molar-refractivity contribution in [2.24, 2.45) is 36.6 Å². The Balaban J connectivity index is 1.39. The van der Waals surface area contributed by atoms with Crippen LogP contribution in [-0.2, 0) is 11.8 Å². The normalized spacial score (nSPS) is 34.4. The minimum atomic E-state index is -0.282. The Morgan fingerprint density at radius 3 is 2.22 bits per heavy atom. The molecule has 0 saturated heterocycles. The Labute approximate surface area is 144 Å². The molecule has 6 heteroatoms. The fourth-order valence-electron chi connectivity index (χ4n) is 5.37. The van der Waals surface area contributed by atoms with Gasteiger partial charge in [-0.2, -0.15) is 0 Å². The number of hydrogen-bond donors (Lipinski definition) is 2. The highest BCUT2D eigenvalue weighted by molar-refractivity contribution is 9.10. The van der Waals surface area contributed by atoms with Crippen LogP contribution in [0.3, 0.4) is 0 Å². The fraction of sp³-hybridized carbons (Fsp3) is 0.647. The van der Waals surface area contributed by atoms with Crippen LogP contribution in [0.2, 0.25) is 0 Å². The highest BCUT2D eigenvalue weighted by Crippen LogP contribution is 2.56. The third kappa shape index (κ3) is 2.71. The summed E-state index contributed by atoms with van der Waals surface area (Å²) in [6.45, 7) is 0. The first-order chi connectivity index (χ1) is 11.0. The highest BCUT2D eigenvalue weighted by atomic mass is 79.9. The van der Waals surface area contributed by atoms with Gasteiger partial charge >= 0.3 is 0 Å². The quantitative estimate of drug-likeness (QED) is 0.775. The standard InChI is InChI=1S/C17H22BrN3O2/c1-21-8-13(18)7-14(21)16(22)19-20-17(23)15-11-3-9-2-10(5-11)6-12(15)4-9/h7-12,15H,2-6H2,1H3,(H,19,22)(H,20,23). The maximum atomic E-state index is 12.6. The molecule has 4 saturated carbocycles. The van der Waals surface area contributed by atoms with Gasteiger partial charge in [0.25, 0.3) is 5.91 Å². The number of carbonyl (C=O) groups is 2. The molecule has 4 aliphatic rings. The number of nitrogens with zero attached hydrogens (tertiary/aromatic N) is 1. The first kappa shape index (κ1) is 15.2. The van der Waals surface area contributed by atoms with E-state index in [4.69, 9.17) is 0 Å². The van der Waals surface area contributed by atoms with Gasteiger partial charge in [0.2, 0.25) is 5.91 Å². The Morgan fingerprint density at radius 1 is 1.09 bits per heavy atom. The lowest BCUT2D eigenvalue weighted by molar-refractivity contribution is -0.138. The van der Waals surface area contributed by atoms with Crippen LogP contribution in [-0.4, -0.2) is 16.4 Å². The van der Waals surface area contributed by atoms with Crippen molar-refractivity contribution in [1.29, 1.82) is 0 Å². The topological polar surface area (TPSA) is 63.1 Å². The maximum absolute atomic E-state index is 12.6. The third-order valence-electron chi connectivity index (χ3n) is 6.03. The van der Waals surface area contributed by atoms with Gasteiger partial charge in [-0.1, -0.05) is 0 Å². The average Bonchev–Trinajstić information content (AvgIpc) is 2.82. The minimum absolute atomic E-state index is 0.000393. The van der Waals surface area contributed by atoms with Gasteiger partial charge in [-0.15, -0.1) is 0 Å². The molecule has 2 N–H and O–H groups in total. The van der Waals surface area contributed by atoms with E-state index < -0.39 is 0 Å². The van der Waals surface area contributed by atoms with Crippen LogP contribution in [0.1, 0.15) is 42.6 Å². The first-order valence-electron chi connectivity index (χ1n) is 8.43. The van der Waals surface area contributed by atoms with Gasteiger partial charge in [0.05, 0.1) is 0 Å². The summed E-state index contributed by atoms with van der Waals surface area (Å²) in [5.74, 6) is 2.53. The fourth-order valence-corrected chi connectivity index (χ4v) is 5.89. The summed E-state index contributed by atoms with van der Waals surface area (Å²) in [5, 5.41) is 0. The zero-order chi connectivity index (χ0) is 16.1. The lowest BCUT2D eigenvalue weighted by atomic mass is 9.52. The Kier molecular flexibility index (Phi) is 3.75. The molecule has 0 atom stereocenters. The van der Waals surface area contributed by atoms with E-state index >= 15 is 0 Å². The lowest BCUT2D eigenvalue weighted by Crippen LogP contribution is -2.54. The number of hydrazine groups is 1. The zero-order valence-electron chi connectivity index (χ0n) is 13.2. The number of halogens is 1. The monoisotopic (exact) mass is 379 g/mol. The van der Waals surface area contributed by atoms with E-state index in [-0.39, 0.29) is 17.7 Å². The van der Waals surface area contributed by atoms with Gasteiger partial charge in [-0.05, 0) is 77.8 Å². The Morgan fingerprint density at radius 2 is 1.70 bits per heavy atom. The van der Waals surface area contributed by atoms with Crippen LogP contribution >= 0.6 is 15.9 Å². The van der Waals surface area contributed by atoms with Crippen molar-refractivity contribution in [3.63, 3.8) is 0 Å². The number of rotatable bonds is 2. The van der Waals surface area contributed by atoms with Crippen LogP contribution in [0.15, 0.2) is 16.7 Å². The maximum Gasteiger partial charge on any atom is 0.286 e. The number of hydrogen-bond acceptors (Lipinski definition) is 2. The van der Waals surface area contributed by atoms with Gasteiger partial charge < -0.3 is 4.57 Å². The van der Waals surface area contributed by atoms with Crippen LogP contribution in [0, 0.1) is 29.6 Å². The summed E-state index contributed by atoms with van der Waals surface area (Å²) in [7, 11) is 1.80. The molecule has 2 amide bonds. The third-order valence-corrected chi connectivity index (χ3v) is 6.47. The molecule has 124 valence electrons. The summed E-state index contributed by atoms with van der Waals surface area (Å²) in [4.78, 5) is 24.8. The van der Waals surface area contributed by atoms with Crippen molar-refractivity contribution in [3.05, 3.63) is 22.4 Å². The molecule has 0 aromatic carbocycles. The summed E-state index contributed by atoms with van der Waals surface area (Å²) in [6.07, 6.45) is 7.98. The summed E-state index contributed by atoms with van der Waals surface area (Å²) in [6, 6.07) is 1.74. The molecular formula is C17H22BrN3O2. The van der Waals surface area contributed by atoms with E-state index in [1.54, 1.807) is 17.7 Å². The largest absolute Gasteiger partial charge is 0.345 e. The minimum Gasteiger partial charge on any atom is -0.345 e. The number of amides is 2. The van der Waals surface area contributed by atoms with Gasteiger partial charge in [0.1, 0.15) is 5.69 Å². The number of carbonyl (C=O) groups excluding carboxylic acids is 2. The Bertz CT molecular complexity index is 626. The molecule has 5 rings (SSSR count). The molecule has 23 heavy (non-hydrogen) atoms. The van der Waals surface area contributed by atoms with Gasteiger partial charge in [0.15, 0.2) is 0 Å². The smallest absolute Gasteiger partial charge is 0.286 e. The molecule has 4 bridgehead atoms. The van der Waals surface area contributed by atoms with E-state index in [1.807, 2.05) is 6.20 Å². The second-order valence-corrected chi connectivity index (χ2v) is 8.47. The highest BCUT2D eigenvalue weighted by Gasteiger charge is 2.50. The van der Waals surface area contributed by atoms with Crippen LogP contribution in [0.5, 0.6) is 0 Å². The van der Waals surface area contributed by atoms with Gasteiger partial charge in [0, 0.05) is 23.6 Å². The number of aromatic nitrogens is 1. The van der Waals surface area contributed by atoms with Crippen LogP contribution in [0.4, 0.5) is 0 Å². The van der Waals surface area contributed by atoms with E-state index in [9.17, 15) is 9.59 Å². The van der Waals surface area contributed by atoms with Crippen molar-refractivity contribution in [2.75, 3.05) is 0 Å². The first-order valence-corrected chi connectivity index (χ1v) is 9.22. The molecule has 0 radical (unpaired) electrons. The van der Waals surface area contributed by atoms with Crippen LogP contribution in [0.25, 0.3) is 0 Å². The molecule has 1 heterocycles. The summed E-state index contributed by atoms with van der Waals surface area (Å²) in [5.41, 5.74) is 5.78. The predicted octanol–water partition coefficient (Wildman–Crippen LogP) is 2.62. The molecule has 4 fully saturated rings. The molecule has 1 aromatic heterocycles. The molecule has 1 aromatic rings. The summed E-state index contributed by atoms with van der Waals surface area (Å²) < 4.78 is 2.58. The van der Waals surface area contributed by atoms with Gasteiger partial charge in [-0.25, -0.2) is 0 Å². The van der Waals surface area contributed by atoms with Crippen molar-refractivity contribution in [2.45, 2.75) is 32.1 Å². The van der Waals surface area contributed by atoms with Gasteiger partial charge in [-0.3, -0.25) is 20.4 Å². The SMILES string of the molecule is Cn1cc(Br)cc1C(=O)NNC(=O)C1C2CC3CC(C2)CC1C3. The average molecular weight is 380 g/mol. The van der Waals surface area contributed by atoms with Crippen molar-refractivity contribution in [1.82, 2.24) is 15.4 Å². The van der Waals surface area contributed by atoms with E-state index in [0.717, 1.165) is 16.3 Å². The Hall–Kier alpha value is -1.30. The zero-order valence-corrected chi connectivity index (χ0v) is 14.8. The lowest BCUT2D eigenvalue weighted by Gasteiger charge is -2.53. The summed E-state index contributed by atoms with van der Waals surface area (Å²) >= 11 is 3.35. The molecule has 4 aliphatic carbocycles. The van der Waals surface area contributed by atoms with Crippen molar-refractivity contribution < 1.29 is 9.59 Å². The molecular weight excluding hydrogens is 358 g/mol. The van der Waals surface area contributed by atoms with Crippen molar-refractivity contribution in [3.8, 4) is 0 Å². The number of aryl methyl sites for hydroxylation is 1.